The Balaban J connectivity index is 0.00000320. The molecule has 0 radical (unpaired) electrons. The maximum atomic E-state index is 13.4. The zero-order valence-corrected chi connectivity index (χ0v) is 19.8. The lowest BCUT2D eigenvalue weighted by Gasteiger charge is -2.15. The highest BCUT2D eigenvalue weighted by atomic mass is 19.4. The Kier molecular flexibility index (Phi) is 6.69. The monoisotopic (exact) mass is 499 g/mol. The first-order valence-corrected chi connectivity index (χ1v) is 11.7. The van der Waals surface area contributed by atoms with Gasteiger partial charge in [-0.15, -0.1) is 5.10 Å². The van der Waals surface area contributed by atoms with E-state index in [0.29, 0.717) is 29.5 Å². The lowest BCUT2D eigenvalue weighted by molar-refractivity contribution is -0.137. The normalized spacial score (nSPS) is 14.3. The van der Waals surface area contributed by atoms with Gasteiger partial charge in [0.05, 0.1) is 12.7 Å². The van der Waals surface area contributed by atoms with Crippen LogP contribution in [0.5, 0.6) is 11.5 Å². The number of alkyl halides is 3. The predicted octanol–water partition coefficient (Wildman–Crippen LogP) is 5.89. The molecule has 4 aromatic rings. The minimum atomic E-state index is -4.48. The molecule has 190 valence electrons. The van der Waals surface area contributed by atoms with Crippen LogP contribution in [0.1, 0.15) is 19.8 Å². The molecule has 10 heteroatoms. The molecule has 1 fully saturated rings. The quantitative estimate of drug-likeness (QED) is 0.326. The number of anilines is 2. The Hall–Kier alpha value is -3.79. The number of nitrogens with zero attached hydrogens (tertiary/aromatic N) is 4. The lowest BCUT2D eigenvalue weighted by atomic mass is 10.0. The van der Waals surface area contributed by atoms with Crippen LogP contribution >= 0.6 is 0 Å². The van der Waals surface area contributed by atoms with Crippen LogP contribution in [0, 0.1) is 0 Å². The Labute approximate surface area is 208 Å². The van der Waals surface area contributed by atoms with Crippen LogP contribution in [0.2, 0.25) is 0 Å². The molecule has 0 saturated carbocycles. The summed E-state index contributed by atoms with van der Waals surface area (Å²) in [6.45, 7) is 3.84. The van der Waals surface area contributed by atoms with Gasteiger partial charge < -0.3 is 14.8 Å². The number of rotatable bonds is 8. The first kappa shape index (κ1) is 23.9. The Morgan fingerprint density at radius 2 is 1.81 bits per heavy atom. The van der Waals surface area contributed by atoms with Gasteiger partial charge in [0.25, 0.3) is 0 Å². The molecular formula is C26H28F3N5O2. The van der Waals surface area contributed by atoms with E-state index in [9.17, 15) is 13.2 Å². The van der Waals surface area contributed by atoms with Gasteiger partial charge in [0.15, 0.2) is 5.65 Å². The third kappa shape index (κ3) is 5.23. The Bertz CT molecular complexity index is 1340. The van der Waals surface area contributed by atoms with E-state index in [0.717, 1.165) is 43.2 Å². The van der Waals surface area contributed by atoms with E-state index in [2.05, 4.69) is 20.3 Å². The summed E-state index contributed by atoms with van der Waals surface area (Å²) in [6, 6.07) is 14.3. The molecular weight excluding hydrogens is 471 g/mol. The van der Waals surface area contributed by atoms with Gasteiger partial charge in [-0.3, -0.25) is 4.90 Å². The number of benzene rings is 2. The fourth-order valence-corrected chi connectivity index (χ4v) is 4.33. The highest BCUT2D eigenvalue weighted by Crippen LogP contribution is 2.38. The minimum absolute atomic E-state index is 0. The molecule has 0 aliphatic carbocycles. The fourth-order valence-electron chi connectivity index (χ4n) is 4.33. The molecule has 36 heavy (non-hydrogen) atoms. The second kappa shape index (κ2) is 10.1. The lowest BCUT2D eigenvalue weighted by Crippen LogP contribution is -2.25. The second-order valence-electron chi connectivity index (χ2n) is 8.58. The number of hydrogen-bond acceptors (Lipinski definition) is 6. The standard InChI is InChI=1S/C26H26F3N5O2.H2/c1-35-23-11-6-18(26(27,28)29)17-22(23)21-5-4-14-34-24(21)31-25(32-34)30-19-7-9-20(10-8-19)36-16-15-33-12-2-3-13-33;/h4-11,14,17H,2-3,12-13,15-16H2,1H3,(H,30,32);1H. The summed E-state index contributed by atoms with van der Waals surface area (Å²) in [5.41, 5.74) is 1.16. The van der Waals surface area contributed by atoms with E-state index in [4.69, 9.17) is 9.47 Å². The zero-order valence-electron chi connectivity index (χ0n) is 19.8. The van der Waals surface area contributed by atoms with Crippen molar-refractivity contribution in [3.8, 4) is 22.6 Å². The Morgan fingerprint density at radius 1 is 1.03 bits per heavy atom. The van der Waals surface area contributed by atoms with Gasteiger partial charge in [0.2, 0.25) is 5.95 Å². The number of hydrogen-bond donors (Lipinski definition) is 1. The van der Waals surface area contributed by atoms with Crippen molar-refractivity contribution < 1.29 is 24.1 Å². The molecule has 1 aliphatic rings. The van der Waals surface area contributed by atoms with E-state index in [-0.39, 0.29) is 6.99 Å². The maximum absolute atomic E-state index is 13.4. The summed E-state index contributed by atoms with van der Waals surface area (Å²) in [5, 5.41) is 7.58. The molecule has 3 heterocycles. The van der Waals surface area contributed by atoms with Crippen molar-refractivity contribution in [2.75, 3.05) is 38.7 Å². The van der Waals surface area contributed by atoms with E-state index >= 15 is 0 Å². The molecule has 0 amide bonds. The molecule has 0 spiro atoms. The maximum Gasteiger partial charge on any atom is 0.416 e. The van der Waals surface area contributed by atoms with E-state index in [1.807, 2.05) is 24.3 Å². The van der Waals surface area contributed by atoms with Crippen molar-refractivity contribution in [1.82, 2.24) is 19.5 Å². The molecule has 2 aromatic heterocycles. The highest BCUT2D eigenvalue weighted by Gasteiger charge is 2.31. The smallest absolute Gasteiger partial charge is 0.416 e. The van der Waals surface area contributed by atoms with Gasteiger partial charge in [-0.1, -0.05) is 0 Å². The van der Waals surface area contributed by atoms with Crippen molar-refractivity contribution in [3.63, 3.8) is 0 Å². The number of likely N-dealkylation sites (tertiary alicyclic amines) is 1. The summed E-state index contributed by atoms with van der Waals surface area (Å²) in [6.07, 6.45) is -0.274. The molecule has 2 aromatic carbocycles. The zero-order chi connectivity index (χ0) is 25.1. The van der Waals surface area contributed by atoms with Crippen LogP contribution in [-0.2, 0) is 6.18 Å². The first-order valence-electron chi connectivity index (χ1n) is 11.7. The molecule has 1 aliphatic heterocycles. The summed E-state index contributed by atoms with van der Waals surface area (Å²) in [4.78, 5) is 6.93. The average molecular weight is 500 g/mol. The number of halogens is 3. The van der Waals surface area contributed by atoms with Gasteiger partial charge in [-0.05, 0) is 80.5 Å². The number of ether oxygens (including phenoxy) is 2. The number of pyridine rings is 1. The van der Waals surface area contributed by atoms with Crippen LogP contribution in [0.4, 0.5) is 24.8 Å². The van der Waals surface area contributed by atoms with Crippen LogP contribution in [0.15, 0.2) is 60.8 Å². The Morgan fingerprint density at radius 3 is 2.53 bits per heavy atom. The van der Waals surface area contributed by atoms with Crippen molar-refractivity contribution in [2.45, 2.75) is 19.0 Å². The number of nitrogens with one attached hydrogen (secondary N) is 1. The van der Waals surface area contributed by atoms with Crippen LogP contribution < -0.4 is 14.8 Å². The van der Waals surface area contributed by atoms with Gasteiger partial charge in [0.1, 0.15) is 18.1 Å². The molecule has 5 rings (SSSR count). The molecule has 7 nitrogen and oxygen atoms in total. The number of fused-ring (bicyclic) bond motifs is 1. The number of methoxy groups -OCH3 is 1. The molecule has 0 unspecified atom stereocenters. The van der Waals surface area contributed by atoms with E-state index in [1.165, 1.54) is 30.5 Å². The van der Waals surface area contributed by atoms with Crippen LogP contribution in [-0.4, -0.2) is 52.8 Å². The number of aromatic nitrogens is 3. The van der Waals surface area contributed by atoms with Gasteiger partial charge >= 0.3 is 6.18 Å². The largest absolute Gasteiger partial charge is 0.496 e. The summed E-state index contributed by atoms with van der Waals surface area (Å²) < 4.78 is 52.8. The van der Waals surface area contributed by atoms with Crippen molar-refractivity contribution in [1.29, 1.82) is 0 Å². The van der Waals surface area contributed by atoms with Crippen molar-refractivity contribution in [2.24, 2.45) is 0 Å². The minimum Gasteiger partial charge on any atom is -0.496 e. The highest BCUT2D eigenvalue weighted by molar-refractivity contribution is 5.82. The molecule has 1 saturated heterocycles. The second-order valence-corrected chi connectivity index (χ2v) is 8.58. The van der Waals surface area contributed by atoms with E-state index < -0.39 is 11.7 Å². The van der Waals surface area contributed by atoms with Gasteiger partial charge in [0, 0.05) is 31.0 Å². The van der Waals surface area contributed by atoms with Crippen LogP contribution in [0.25, 0.3) is 16.8 Å². The molecule has 0 bridgehead atoms. The average Bonchev–Trinajstić information content (AvgIpc) is 3.53. The summed E-state index contributed by atoms with van der Waals surface area (Å²) in [5.74, 6) is 1.41. The molecule has 0 atom stereocenters. The van der Waals surface area contributed by atoms with Crippen molar-refractivity contribution in [3.05, 3.63) is 66.4 Å². The van der Waals surface area contributed by atoms with Crippen LogP contribution in [0.3, 0.4) is 0 Å². The third-order valence-electron chi connectivity index (χ3n) is 6.16. The fraction of sp³-hybridized carbons (Fsp3) is 0.308. The van der Waals surface area contributed by atoms with Gasteiger partial charge in [-0.2, -0.15) is 18.2 Å². The molecule has 1 N–H and O–H groups in total. The van der Waals surface area contributed by atoms with Crippen molar-refractivity contribution >= 4 is 17.3 Å². The van der Waals surface area contributed by atoms with Gasteiger partial charge in [-0.25, -0.2) is 4.52 Å². The summed E-state index contributed by atoms with van der Waals surface area (Å²) in [7, 11) is 1.42. The SMILES string of the molecule is COc1ccc(C(F)(F)F)cc1-c1cccn2nc(Nc3ccc(OCCN4CCCC4)cc3)nc12.[HH]. The third-order valence-corrected chi connectivity index (χ3v) is 6.16. The predicted molar refractivity (Wildman–Crippen MR) is 133 cm³/mol. The van der Waals surface area contributed by atoms with E-state index in [1.54, 1.807) is 18.3 Å². The topological polar surface area (TPSA) is 63.9 Å². The summed E-state index contributed by atoms with van der Waals surface area (Å²) >= 11 is 0. The first-order chi connectivity index (χ1) is 17.4.